The van der Waals surface area contributed by atoms with Crippen LogP contribution >= 0.6 is 11.8 Å². The lowest BCUT2D eigenvalue weighted by Crippen LogP contribution is -2.56. The third kappa shape index (κ3) is 7.96. The number of para-hydroxylation sites is 1. The number of aromatic nitrogens is 2. The predicted molar refractivity (Wildman–Crippen MR) is 157 cm³/mol. The van der Waals surface area contributed by atoms with E-state index >= 15 is 0 Å². The van der Waals surface area contributed by atoms with Crippen LogP contribution in [0.4, 0.5) is 35.9 Å². The van der Waals surface area contributed by atoms with Crippen LogP contribution in [0.5, 0.6) is 11.5 Å². The number of thioether (sulfide) groups is 1. The molecule has 258 valence electrons. The number of urea groups is 1. The van der Waals surface area contributed by atoms with E-state index in [-0.39, 0.29) is 53.9 Å². The van der Waals surface area contributed by atoms with E-state index in [1.165, 1.54) is 35.2 Å². The Balaban J connectivity index is 1.29. The van der Waals surface area contributed by atoms with E-state index in [0.29, 0.717) is 17.8 Å². The highest BCUT2D eigenvalue weighted by Gasteiger charge is 2.53. The summed E-state index contributed by atoms with van der Waals surface area (Å²) >= 11 is 0.372. The van der Waals surface area contributed by atoms with Gasteiger partial charge in [0.2, 0.25) is 11.7 Å². The van der Waals surface area contributed by atoms with Crippen LogP contribution in [-0.2, 0) is 22.3 Å². The van der Waals surface area contributed by atoms with Gasteiger partial charge >= 0.3 is 24.5 Å². The number of nitrogens with one attached hydrogen (secondary N) is 1. The van der Waals surface area contributed by atoms with E-state index in [0.717, 1.165) is 11.0 Å². The lowest BCUT2D eigenvalue weighted by molar-refractivity contribution is -0.138. The number of hydrogen-bond acceptors (Lipinski definition) is 9. The summed E-state index contributed by atoms with van der Waals surface area (Å²) in [4.78, 5) is 44.9. The Hall–Kier alpha value is -4.48. The Morgan fingerprint density at radius 2 is 1.71 bits per heavy atom. The van der Waals surface area contributed by atoms with Gasteiger partial charge in [0, 0.05) is 18.7 Å². The third-order valence-corrected chi connectivity index (χ3v) is 8.40. The maximum absolute atomic E-state index is 14.1. The highest BCUT2D eigenvalue weighted by molar-refractivity contribution is 7.99. The van der Waals surface area contributed by atoms with Gasteiger partial charge in [0.1, 0.15) is 29.2 Å². The van der Waals surface area contributed by atoms with Gasteiger partial charge < -0.3 is 24.2 Å². The Morgan fingerprint density at radius 1 is 1.02 bits per heavy atom. The van der Waals surface area contributed by atoms with E-state index in [2.05, 4.69) is 15.5 Å². The van der Waals surface area contributed by atoms with E-state index in [9.17, 15) is 40.7 Å². The quantitative estimate of drug-likeness (QED) is 0.157. The van der Waals surface area contributed by atoms with E-state index in [4.69, 9.17) is 14.0 Å². The summed E-state index contributed by atoms with van der Waals surface area (Å²) in [6.07, 6.45) is -9.74. The number of likely N-dealkylation sites (tertiary alicyclic amines) is 1. The number of benzene rings is 2. The molecule has 0 aliphatic carbocycles. The minimum Gasteiger partial charge on any atom is -0.456 e. The molecule has 1 aromatic heterocycles. The molecule has 4 amide bonds. The molecule has 0 radical (unpaired) electrons. The minimum atomic E-state index is -4.95. The lowest BCUT2D eigenvalue weighted by Gasteiger charge is -2.37. The summed E-state index contributed by atoms with van der Waals surface area (Å²) in [5.41, 5.74) is -3.37. The molecule has 5 rings (SSSR count). The second-order valence-corrected chi connectivity index (χ2v) is 13.1. The first kappa shape index (κ1) is 34.8. The number of imide groups is 1. The number of rotatable bonds is 7. The van der Waals surface area contributed by atoms with Gasteiger partial charge in [-0.25, -0.2) is 9.59 Å². The molecule has 1 N–H and O–H groups in total. The van der Waals surface area contributed by atoms with Crippen molar-refractivity contribution in [1.82, 2.24) is 25.3 Å². The largest absolute Gasteiger partial charge is 0.456 e. The van der Waals surface area contributed by atoms with Crippen LogP contribution in [0.15, 0.2) is 51.9 Å². The van der Waals surface area contributed by atoms with Crippen LogP contribution in [0.3, 0.4) is 0 Å². The van der Waals surface area contributed by atoms with Crippen molar-refractivity contribution in [2.75, 3.05) is 18.8 Å². The molecule has 0 saturated carbocycles. The molecule has 0 bridgehead atoms. The van der Waals surface area contributed by atoms with Gasteiger partial charge in [0.05, 0.1) is 16.2 Å². The Bertz CT molecular complexity index is 1700. The molecule has 1 spiro atoms. The number of piperidine rings is 1. The van der Waals surface area contributed by atoms with Crippen molar-refractivity contribution in [1.29, 1.82) is 0 Å². The fraction of sp³-hybridized carbons (Fsp3) is 0.433. The van der Waals surface area contributed by atoms with Crippen molar-refractivity contribution in [3.8, 4) is 22.9 Å². The summed E-state index contributed by atoms with van der Waals surface area (Å²) in [7, 11) is 0. The molecule has 2 aliphatic rings. The number of amides is 4. The second-order valence-electron chi connectivity index (χ2n) is 12.0. The van der Waals surface area contributed by atoms with Gasteiger partial charge in [0.15, 0.2) is 0 Å². The van der Waals surface area contributed by atoms with Gasteiger partial charge in [-0.1, -0.05) is 17.3 Å². The number of nitrogens with zero attached hydrogens (tertiary/aromatic N) is 4. The smallest absolute Gasteiger partial charge is 0.420 e. The van der Waals surface area contributed by atoms with Gasteiger partial charge in [-0.05, 0) is 63.9 Å². The van der Waals surface area contributed by atoms with E-state index < -0.39 is 65.1 Å². The highest BCUT2D eigenvalue weighted by atomic mass is 32.2. The molecular weight excluding hydrogens is 672 g/mol. The molecule has 2 aromatic carbocycles. The number of halogens is 6. The van der Waals surface area contributed by atoms with Crippen molar-refractivity contribution in [3.05, 3.63) is 53.9 Å². The van der Waals surface area contributed by atoms with Gasteiger partial charge in [-0.2, -0.15) is 31.3 Å². The molecular formula is C30H29F6N5O6S. The van der Waals surface area contributed by atoms with E-state index in [1.54, 1.807) is 20.8 Å². The molecule has 0 unspecified atom stereocenters. The highest BCUT2D eigenvalue weighted by Crippen LogP contribution is 2.42. The summed E-state index contributed by atoms with van der Waals surface area (Å²) in [6.45, 7) is 5.02. The molecule has 11 nitrogen and oxygen atoms in total. The molecule has 3 aromatic rings. The lowest BCUT2D eigenvalue weighted by atomic mass is 9.87. The summed E-state index contributed by atoms with van der Waals surface area (Å²) in [6, 6.07) is 7.53. The SMILES string of the molecule is CC(C)(C)OC(=O)N1CCC2(CC1)NC(=O)N(Cc1nc(-c3ccc(Oc4ccccc4SCC(F)(F)F)c(C(F)(F)F)c3)no1)C2=O. The number of ether oxygens (including phenoxy) is 2. The molecule has 18 heteroatoms. The molecule has 2 aliphatic heterocycles. The van der Waals surface area contributed by atoms with Crippen molar-refractivity contribution < 1.29 is 54.7 Å². The third-order valence-electron chi connectivity index (χ3n) is 7.28. The fourth-order valence-electron chi connectivity index (χ4n) is 5.04. The Kier molecular flexibility index (Phi) is 9.33. The average molecular weight is 702 g/mol. The monoisotopic (exact) mass is 701 g/mol. The van der Waals surface area contributed by atoms with Crippen molar-refractivity contribution in [2.24, 2.45) is 0 Å². The Morgan fingerprint density at radius 3 is 2.35 bits per heavy atom. The molecule has 0 atom stereocenters. The maximum Gasteiger partial charge on any atom is 0.420 e. The first-order valence-electron chi connectivity index (χ1n) is 14.5. The normalized spacial score (nSPS) is 16.8. The van der Waals surface area contributed by atoms with Crippen molar-refractivity contribution in [2.45, 2.75) is 68.5 Å². The standard InChI is InChI=1S/C30H29F6N5O6S/c1-27(2,3)46-26(44)40-12-10-28(11-13-40)24(42)41(25(43)38-28)15-22-37-23(39-47-22)17-8-9-19(18(14-17)30(34,35)36)45-20-6-4-5-7-21(20)48-16-29(31,32)33/h4-9,14H,10-13,15-16H2,1-3H3,(H,38,43). The molecule has 2 saturated heterocycles. The van der Waals surface area contributed by atoms with Crippen LogP contribution in [-0.4, -0.2) is 74.1 Å². The van der Waals surface area contributed by atoms with Crippen LogP contribution in [0.1, 0.15) is 45.1 Å². The topological polar surface area (TPSA) is 127 Å². The van der Waals surface area contributed by atoms with Crippen LogP contribution in [0.25, 0.3) is 11.4 Å². The maximum atomic E-state index is 14.1. The zero-order chi connectivity index (χ0) is 35.1. The minimum absolute atomic E-state index is 0.00861. The molecule has 2 fully saturated rings. The van der Waals surface area contributed by atoms with Crippen LogP contribution in [0, 0.1) is 0 Å². The van der Waals surface area contributed by atoms with E-state index in [1.807, 2.05) is 0 Å². The van der Waals surface area contributed by atoms with Gasteiger partial charge in [-0.3, -0.25) is 9.69 Å². The number of hydrogen-bond donors (Lipinski definition) is 1. The zero-order valence-corrected chi connectivity index (χ0v) is 26.5. The fourth-order valence-corrected chi connectivity index (χ4v) is 5.79. The first-order chi connectivity index (χ1) is 22.3. The molecule has 48 heavy (non-hydrogen) atoms. The number of alkyl halides is 6. The number of carbonyl (C=O) groups excluding carboxylic acids is 3. The number of carbonyl (C=O) groups is 3. The predicted octanol–water partition coefficient (Wildman–Crippen LogP) is 7.02. The van der Waals surface area contributed by atoms with Crippen molar-refractivity contribution in [3.63, 3.8) is 0 Å². The first-order valence-corrected chi connectivity index (χ1v) is 15.4. The molecule has 3 heterocycles. The zero-order valence-electron chi connectivity index (χ0n) is 25.7. The van der Waals surface area contributed by atoms with Crippen LogP contribution < -0.4 is 10.1 Å². The van der Waals surface area contributed by atoms with Crippen molar-refractivity contribution >= 4 is 29.8 Å². The summed E-state index contributed by atoms with van der Waals surface area (Å²) < 4.78 is 96.6. The summed E-state index contributed by atoms with van der Waals surface area (Å²) in [5, 5.41) is 6.39. The second kappa shape index (κ2) is 12.9. The Labute approximate surface area is 273 Å². The van der Waals surface area contributed by atoms with Gasteiger partial charge in [-0.15, -0.1) is 11.8 Å². The van der Waals surface area contributed by atoms with Gasteiger partial charge in [0.25, 0.3) is 5.91 Å². The average Bonchev–Trinajstić information content (AvgIpc) is 3.54. The van der Waals surface area contributed by atoms with Crippen LogP contribution in [0.2, 0.25) is 0 Å². The summed E-state index contributed by atoms with van der Waals surface area (Å²) in [5.74, 6) is -3.23.